The fourth-order valence-corrected chi connectivity index (χ4v) is 3.88. The number of carbonyl (C=O) groups excluding carboxylic acids is 1. The molecule has 1 N–H and O–H groups in total. The van der Waals surface area contributed by atoms with E-state index < -0.39 is 47.0 Å². The minimum Gasteiger partial charge on any atom is -0.454 e. The predicted molar refractivity (Wildman–Crippen MR) is 128 cm³/mol. The first-order chi connectivity index (χ1) is 18.6. The number of fused-ring (bicyclic) bond motifs is 1. The van der Waals surface area contributed by atoms with Crippen molar-refractivity contribution in [2.24, 2.45) is 0 Å². The molecule has 0 fully saturated rings. The van der Waals surface area contributed by atoms with Gasteiger partial charge < -0.3 is 14.8 Å². The summed E-state index contributed by atoms with van der Waals surface area (Å²) in [4.78, 5) is 39.4. The van der Waals surface area contributed by atoms with Gasteiger partial charge in [0.1, 0.15) is 11.5 Å². The fraction of sp³-hybridized carbons (Fsp3) is 0.154. The Kier molecular flexibility index (Phi) is 6.64. The molecule has 2 heterocycles. The number of hydrogen-bond acceptors (Lipinski definition) is 6. The van der Waals surface area contributed by atoms with Gasteiger partial charge >= 0.3 is 11.9 Å². The molecular weight excluding hydrogens is 524 g/mol. The van der Waals surface area contributed by atoms with Gasteiger partial charge in [0, 0.05) is 6.54 Å². The van der Waals surface area contributed by atoms with Crippen molar-refractivity contribution < 1.29 is 31.8 Å². The van der Waals surface area contributed by atoms with Crippen LogP contribution in [0.25, 0.3) is 5.69 Å². The van der Waals surface area contributed by atoms with E-state index in [4.69, 9.17) is 9.47 Å². The summed E-state index contributed by atoms with van der Waals surface area (Å²) in [6.45, 7) is -0.478. The Hall–Kier alpha value is -4.94. The number of alkyl halides is 3. The maximum atomic E-state index is 14.6. The van der Waals surface area contributed by atoms with E-state index in [0.717, 1.165) is 30.3 Å². The van der Waals surface area contributed by atoms with Crippen molar-refractivity contribution in [1.29, 1.82) is 0 Å². The number of rotatable bonds is 6. The predicted octanol–water partition coefficient (Wildman–Crippen LogP) is 3.26. The maximum Gasteiger partial charge on any atom is 0.416 e. The summed E-state index contributed by atoms with van der Waals surface area (Å²) < 4.78 is 65.1. The molecule has 1 amide bonds. The lowest BCUT2D eigenvalue weighted by molar-refractivity contribution is -0.137. The zero-order valence-electron chi connectivity index (χ0n) is 19.9. The van der Waals surface area contributed by atoms with Gasteiger partial charge in [-0.15, -0.1) is 0 Å². The van der Waals surface area contributed by atoms with Crippen LogP contribution in [0, 0.1) is 5.82 Å². The molecule has 3 aromatic carbocycles. The average Bonchev–Trinajstić information content (AvgIpc) is 3.38. The monoisotopic (exact) mass is 542 g/mol. The molecule has 0 aliphatic carbocycles. The van der Waals surface area contributed by atoms with Crippen molar-refractivity contribution in [2.45, 2.75) is 19.3 Å². The molecule has 0 unspecified atom stereocenters. The highest BCUT2D eigenvalue weighted by Gasteiger charge is 2.30. The molecule has 1 aromatic heterocycles. The summed E-state index contributed by atoms with van der Waals surface area (Å²) in [6.07, 6.45) is -4.58. The Morgan fingerprint density at radius 1 is 0.949 bits per heavy atom. The number of nitrogens with zero attached hydrogens (tertiary/aromatic N) is 3. The van der Waals surface area contributed by atoms with Crippen LogP contribution in [-0.2, 0) is 19.3 Å². The highest BCUT2D eigenvalue weighted by Crippen LogP contribution is 2.32. The minimum absolute atomic E-state index is 0.0473. The zero-order chi connectivity index (χ0) is 27.7. The molecule has 9 nitrogen and oxygen atoms in total. The second-order valence-corrected chi connectivity index (χ2v) is 8.45. The van der Waals surface area contributed by atoms with Crippen LogP contribution in [0.15, 0.2) is 76.3 Å². The van der Waals surface area contributed by atoms with E-state index in [1.54, 1.807) is 18.2 Å². The summed E-state index contributed by atoms with van der Waals surface area (Å²) in [5.41, 5.74) is -3.37. The molecule has 0 atom stereocenters. The number of para-hydroxylation sites is 1. The van der Waals surface area contributed by atoms with Crippen LogP contribution in [0.4, 0.5) is 17.6 Å². The summed E-state index contributed by atoms with van der Waals surface area (Å²) in [7, 11) is 0. The lowest BCUT2D eigenvalue weighted by atomic mass is 10.1. The molecule has 0 bridgehead atoms. The van der Waals surface area contributed by atoms with E-state index in [-0.39, 0.29) is 24.6 Å². The second-order valence-electron chi connectivity index (χ2n) is 8.45. The van der Waals surface area contributed by atoms with Crippen molar-refractivity contribution in [2.75, 3.05) is 6.79 Å². The van der Waals surface area contributed by atoms with Crippen molar-refractivity contribution >= 4 is 5.91 Å². The molecule has 0 spiro atoms. The highest BCUT2D eigenvalue weighted by molar-refractivity contribution is 5.91. The summed E-state index contributed by atoms with van der Waals surface area (Å²) in [5, 5.41) is 6.38. The van der Waals surface area contributed by atoms with Crippen molar-refractivity contribution in [1.82, 2.24) is 19.7 Å². The lowest BCUT2D eigenvalue weighted by Gasteiger charge is -2.13. The van der Waals surface area contributed by atoms with Crippen molar-refractivity contribution in [3.05, 3.63) is 116 Å². The van der Waals surface area contributed by atoms with Gasteiger partial charge in [-0.25, -0.2) is 9.18 Å². The fourth-order valence-electron chi connectivity index (χ4n) is 3.88. The molecule has 0 saturated heterocycles. The maximum absolute atomic E-state index is 14.6. The summed E-state index contributed by atoms with van der Waals surface area (Å²) in [5.74, 6) is -0.788. The van der Waals surface area contributed by atoms with Gasteiger partial charge in [-0.1, -0.05) is 30.3 Å². The smallest absolute Gasteiger partial charge is 0.416 e. The van der Waals surface area contributed by atoms with E-state index in [1.165, 1.54) is 18.2 Å². The minimum atomic E-state index is -4.58. The zero-order valence-corrected chi connectivity index (χ0v) is 19.9. The quantitative estimate of drug-likeness (QED) is 0.375. The first kappa shape index (κ1) is 25.7. The van der Waals surface area contributed by atoms with E-state index in [1.807, 2.05) is 0 Å². The van der Waals surface area contributed by atoms with E-state index in [2.05, 4.69) is 10.4 Å². The Bertz CT molecular complexity index is 1680. The molecule has 200 valence electrons. The molecule has 0 saturated carbocycles. The van der Waals surface area contributed by atoms with Crippen LogP contribution in [0.3, 0.4) is 0 Å². The average molecular weight is 542 g/mol. The molecule has 13 heteroatoms. The SMILES string of the molecule is O=C(NCc1ccc2c(c1)OCO2)c1nn(-c2ccccc2F)c(=O)n(Cc2ccc(C(F)(F)F)cc2)c1=O. The van der Waals surface area contributed by atoms with Gasteiger partial charge in [0.15, 0.2) is 11.5 Å². The Morgan fingerprint density at radius 2 is 1.64 bits per heavy atom. The standard InChI is InChI=1S/C26H18F4N4O5/c27-18-3-1-2-4-19(18)34-25(37)33(13-15-5-8-17(9-6-15)26(28,29)30)24(36)22(32-34)23(35)31-12-16-7-10-20-21(11-16)39-14-38-20/h1-11H,12-14H2,(H,31,35). The number of amides is 1. The van der Waals surface area contributed by atoms with Crippen LogP contribution in [0.5, 0.6) is 11.5 Å². The number of hydrogen-bond donors (Lipinski definition) is 1. The molecule has 1 aliphatic rings. The van der Waals surface area contributed by atoms with Crippen LogP contribution >= 0.6 is 0 Å². The Morgan fingerprint density at radius 3 is 2.36 bits per heavy atom. The van der Waals surface area contributed by atoms with Crippen LogP contribution in [-0.4, -0.2) is 27.0 Å². The summed E-state index contributed by atoms with van der Waals surface area (Å²) >= 11 is 0. The van der Waals surface area contributed by atoms with Gasteiger partial charge in [-0.2, -0.15) is 23.0 Å². The third-order valence-electron chi connectivity index (χ3n) is 5.87. The topological polar surface area (TPSA) is 104 Å². The number of benzene rings is 3. The molecular formula is C26H18F4N4O5. The van der Waals surface area contributed by atoms with Crippen molar-refractivity contribution in [3.63, 3.8) is 0 Å². The van der Waals surface area contributed by atoms with Gasteiger partial charge in [0.2, 0.25) is 12.5 Å². The first-order valence-corrected chi connectivity index (χ1v) is 11.4. The number of ether oxygens (including phenoxy) is 2. The van der Waals surface area contributed by atoms with E-state index in [0.29, 0.717) is 26.3 Å². The number of halogens is 4. The molecule has 0 radical (unpaired) electrons. The van der Waals surface area contributed by atoms with Crippen molar-refractivity contribution in [3.8, 4) is 17.2 Å². The third kappa shape index (κ3) is 5.23. The van der Waals surface area contributed by atoms with Crippen LogP contribution in [0.2, 0.25) is 0 Å². The lowest BCUT2D eigenvalue weighted by Crippen LogP contribution is -2.46. The molecule has 1 aliphatic heterocycles. The largest absolute Gasteiger partial charge is 0.454 e. The van der Waals surface area contributed by atoms with Gasteiger partial charge in [-0.05, 0) is 47.5 Å². The Balaban J connectivity index is 1.51. The van der Waals surface area contributed by atoms with E-state index >= 15 is 0 Å². The molecule has 4 aromatic rings. The Labute approximate surface area is 216 Å². The first-order valence-electron chi connectivity index (χ1n) is 11.4. The van der Waals surface area contributed by atoms with Crippen LogP contribution < -0.4 is 26.0 Å². The molecule has 5 rings (SSSR count). The van der Waals surface area contributed by atoms with Gasteiger partial charge in [0.05, 0.1) is 12.1 Å². The van der Waals surface area contributed by atoms with Crippen LogP contribution in [0.1, 0.15) is 27.2 Å². The molecule has 39 heavy (non-hydrogen) atoms. The van der Waals surface area contributed by atoms with E-state index in [9.17, 15) is 31.9 Å². The normalized spacial score (nSPS) is 12.4. The second kappa shape index (κ2) is 10.1. The number of carbonyl (C=O) groups is 1. The van der Waals surface area contributed by atoms with Gasteiger partial charge in [-0.3, -0.25) is 14.2 Å². The van der Waals surface area contributed by atoms with Gasteiger partial charge in [0.25, 0.3) is 11.5 Å². The summed E-state index contributed by atoms with van der Waals surface area (Å²) in [6, 6.07) is 13.9. The number of aromatic nitrogens is 3. The number of nitrogens with one attached hydrogen (secondary N) is 1. The third-order valence-corrected chi connectivity index (χ3v) is 5.87. The highest BCUT2D eigenvalue weighted by atomic mass is 19.4.